The third-order valence-corrected chi connectivity index (χ3v) is 3.27. The molecule has 1 heterocycles. The van der Waals surface area contributed by atoms with E-state index in [1.54, 1.807) is 0 Å². The van der Waals surface area contributed by atoms with Gasteiger partial charge in [0.05, 0.1) is 0 Å². The van der Waals surface area contributed by atoms with Crippen molar-refractivity contribution in [3.63, 3.8) is 0 Å². The van der Waals surface area contributed by atoms with E-state index in [2.05, 4.69) is 5.32 Å². The fraction of sp³-hybridized carbons (Fsp3) is 0.538. The van der Waals surface area contributed by atoms with Crippen LogP contribution in [0, 0.1) is 6.92 Å². The van der Waals surface area contributed by atoms with E-state index < -0.39 is 11.5 Å². The van der Waals surface area contributed by atoms with Gasteiger partial charge in [0.2, 0.25) is 0 Å². The van der Waals surface area contributed by atoms with E-state index in [-0.39, 0.29) is 12.8 Å². The molecule has 2 rings (SSSR count). The highest BCUT2D eigenvalue weighted by atomic mass is 19.3. The van der Waals surface area contributed by atoms with Gasteiger partial charge >= 0.3 is 0 Å². The Morgan fingerprint density at radius 2 is 2.06 bits per heavy atom. The average Bonchev–Trinajstić information content (AvgIpc) is 2.15. The van der Waals surface area contributed by atoms with Crippen LogP contribution in [-0.2, 0) is 5.54 Å². The van der Waals surface area contributed by atoms with Crippen molar-refractivity contribution in [1.29, 1.82) is 0 Å². The quantitative estimate of drug-likeness (QED) is 0.773. The molecule has 16 heavy (non-hydrogen) atoms. The van der Waals surface area contributed by atoms with Gasteiger partial charge in [-0.15, -0.1) is 0 Å². The first-order valence-corrected chi connectivity index (χ1v) is 5.61. The minimum Gasteiger partial charge on any atom is -0.307 e. The second kappa shape index (κ2) is 3.81. The molecular weight excluding hydrogens is 208 g/mol. The van der Waals surface area contributed by atoms with Crippen molar-refractivity contribution in [2.45, 2.75) is 38.2 Å². The molecule has 1 N–H and O–H groups in total. The zero-order chi connectivity index (χ0) is 11.8. The standard InChI is InChI=1S/C13H17F2N/c1-10-4-3-5-11(8-10)12(2)9-13(14,15)6-7-16-12/h3-5,8,16H,6-7,9H2,1-2H3. The molecule has 0 radical (unpaired) electrons. The highest BCUT2D eigenvalue weighted by Gasteiger charge is 2.43. The van der Waals surface area contributed by atoms with Gasteiger partial charge in [-0.3, -0.25) is 0 Å². The number of hydrogen-bond acceptors (Lipinski definition) is 1. The van der Waals surface area contributed by atoms with Crippen molar-refractivity contribution in [3.05, 3.63) is 35.4 Å². The van der Waals surface area contributed by atoms with Crippen LogP contribution in [0.4, 0.5) is 8.78 Å². The Hall–Kier alpha value is -0.960. The molecule has 1 atom stereocenters. The van der Waals surface area contributed by atoms with Gasteiger partial charge in [0.1, 0.15) is 0 Å². The van der Waals surface area contributed by atoms with E-state index in [0.29, 0.717) is 6.54 Å². The Morgan fingerprint density at radius 3 is 2.69 bits per heavy atom. The molecule has 1 unspecified atom stereocenters. The van der Waals surface area contributed by atoms with Crippen LogP contribution in [0.3, 0.4) is 0 Å². The smallest absolute Gasteiger partial charge is 0.251 e. The molecule has 0 aromatic heterocycles. The third-order valence-electron chi connectivity index (χ3n) is 3.27. The molecule has 3 heteroatoms. The second-order valence-electron chi connectivity index (χ2n) is 4.91. The number of aryl methyl sites for hydroxylation is 1. The summed E-state index contributed by atoms with van der Waals surface area (Å²) < 4.78 is 26.9. The molecule has 0 bridgehead atoms. The van der Waals surface area contributed by atoms with E-state index in [0.717, 1.165) is 11.1 Å². The number of halogens is 2. The molecule has 1 aliphatic rings. The van der Waals surface area contributed by atoms with E-state index >= 15 is 0 Å². The fourth-order valence-electron chi connectivity index (χ4n) is 2.38. The first-order chi connectivity index (χ1) is 7.41. The van der Waals surface area contributed by atoms with E-state index in [9.17, 15) is 8.78 Å². The van der Waals surface area contributed by atoms with Gasteiger partial charge in [-0.2, -0.15) is 0 Å². The summed E-state index contributed by atoms with van der Waals surface area (Å²) in [5.74, 6) is -2.55. The molecule has 1 aromatic carbocycles. The van der Waals surface area contributed by atoms with Crippen LogP contribution in [-0.4, -0.2) is 12.5 Å². The van der Waals surface area contributed by atoms with Gasteiger partial charge < -0.3 is 5.32 Å². The Balaban J connectivity index is 2.31. The first kappa shape index (κ1) is 11.5. The Labute approximate surface area is 94.9 Å². The molecule has 0 aliphatic carbocycles. The van der Waals surface area contributed by atoms with Crippen molar-refractivity contribution >= 4 is 0 Å². The summed E-state index contributed by atoms with van der Waals surface area (Å²) in [4.78, 5) is 0. The summed E-state index contributed by atoms with van der Waals surface area (Å²) in [7, 11) is 0. The maximum atomic E-state index is 13.4. The summed E-state index contributed by atoms with van der Waals surface area (Å²) in [6.07, 6.45) is -0.183. The Bertz CT molecular complexity index is 389. The largest absolute Gasteiger partial charge is 0.307 e. The molecule has 0 saturated carbocycles. The van der Waals surface area contributed by atoms with Crippen molar-refractivity contribution in [3.8, 4) is 0 Å². The van der Waals surface area contributed by atoms with E-state index in [1.165, 1.54) is 0 Å². The van der Waals surface area contributed by atoms with Crippen molar-refractivity contribution in [2.24, 2.45) is 0 Å². The highest BCUT2D eigenvalue weighted by Crippen LogP contribution is 2.38. The summed E-state index contributed by atoms with van der Waals surface area (Å²) in [5.41, 5.74) is 1.45. The number of rotatable bonds is 1. The van der Waals surface area contributed by atoms with Crippen LogP contribution >= 0.6 is 0 Å². The Morgan fingerprint density at radius 1 is 1.31 bits per heavy atom. The van der Waals surface area contributed by atoms with Crippen molar-refractivity contribution < 1.29 is 8.78 Å². The summed E-state index contributed by atoms with van der Waals surface area (Å²) >= 11 is 0. The molecule has 0 amide bonds. The maximum absolute atomic E-state index is 13.4. The molecule has 1 fully saturated rings. The zero-order valence-corrected chi connectivity index (χ0v) is 9.69. The first-order valence-electron chi connectivity index (χ1n) is 5.61. The van der Waals surface area contributed by atoms with Gasteiger partial charge in [-0.25, -0.2) is 8.78 Å². The molecule has 1 saturated heterocycles. The van der Waals surface area contributed by atoms with Gasteiger partial charge in [0, 0.05) is 24.9 Å². The SMILES string of the molecule is Cc1cccc(C2(C)CC(F)(F)CCN2)c1. The maximum Gasteiger partial charge on any atom is 0.251 e. The fourth-order valence-corrected chi connectivity index (χ4v) is 2.38. The normalized spacial score (nSPS) is 29.0. The predicted octanol–water partition coefficient (Wildman–Crippen LogP) is 3.23. The number of piperidine rings is 1. The van der Waals surface area contributed by atoms with E-state index in [1.807, 2.05) is 38.1 Å². The molecule has 88 valence electrons. The van der Waals surface area contributed by atoms with Crippen LogP contribution in [0.25, 0.3) is 0 Å². The monoisotopic (exact) mass is 225 g/mol. The minimum atomic E-state index is -2.55. The number of nitrogens with one attached hydrogen (secondary N) is 1. The number of alkyl halides is 2. The molecule has 0 spiro atoms. The summed E-state index contributed by atoms with van der Waals surface area (Å²) in [6.45, 7) is 4.21. The van der Waals surface area contributed by atoms with Crippen LogP contribution in [0.2, 0.25) is 0 Å². The van der Waals surface area contributed by atoms with Gasteiger partial charge in [-0.05, 0) is 19.4 Å². The van der Waals surface area contributed by atoms with Gasteiger partial charge in [0.15, 0.2) is 0 Å². The lowest BCUT2D eigenvalue weighted by Gasteiger charge is -2.39. The lowest BCUT2D eigenvalue weighted by molar-refractivity contribution is -0.0611. The predicted molar refractivity (Wildman–Crippen MR) is 60.7 cm³/mol. The third kappa shape index (κ3) is 2.24. The lowest BCUT2D eigenvalue weighted by atomic mass is 9.82. The van der Waals surface area contributed by atoms with Crippen molar-refractivity contribution in [2.75, 3.05) is 6.54 Å². The Kier molecular flexibility index (Phi) is 2.74. The number of benzene rings is 1. The average molecular weight is 225 g/mol. The molecular formula is C13H17F2N. The van der Waals surface area contributed by atoms with Gasteiger partial charge in [0.25, 0.3) is 5.92 Å². The van der Waals surface area contributed by atoms with Crippen LogP contribution in [0.1, 0.15) is 30.9 Å². The van der Waals surface area contributed by atoms with Crippen LogP contribution in [0.5, 0.6) is 0 Å². The van der Waals surface area contributed by atoms with Crippen LogP contribution in [0.15, 0.2) is 24.3 Å². The summed E-state index contributed by atoms with van der Waals surface area (Å²) in [5, 5.41) is 3.21. The van der Waals surface area contributed by atoms with Crippen LogP contribution < -0.4 is 5.32 Å². The van der Waals surface area contributed by atoms with Gasteiger partial charge in [-0.1, -0.05) is 29.8 Å². The highest BCUT2D eigenvalue weighted by molar-refractivity contribution is 5.29. The lowest BCUT2D eigenvalue weighted by Crippen LogP contribution is -2.50. The topological polar surface area (TPSA) is 12.0 Å². The molecule has 1 aliphatic heterocycles. The number of hydrogen-bond donors (Lipinski definition) is 1. The van der Waals surface area contributed by atoms with E-state index in [4.69, 9.17) is 0 Å². The zero-order valence-electron chi connectivity index (χ0n) is 9.69. The van der Waals surface area contributed by atoms with Crippen molar-refractivity contribution in [1.82, 2.24) is 5.32 Å². The summed E-state index contributed by atoms with van der Waals surface area (Å²) in [6, 6.07) is 7.80. The minimum absolute atomic E-state index is 0.0611. The second-order valence-corrected chi connectivity index (χ2v) is 4.91. The molecule has 1 nitrogen and oxygen atoms in total. The molecule has 1 aromatic rings.